The Morgan fingerprint density at radius 2 is 1.52 bits per heavy atom. The molecule has 2 rings (SSSR count). The molecule has 108 valence electrons. The van der Waals surface area contributed by atoms with E-state index in [9.17, 15) is 9.59 Å². The van der Waals surface area contributed by atoms with E-state index in [1.165, 1.54) is 0 Å². The molecule has 0 amide bonds. The lowest BCUT2D eigenvalue weighted by Gasteiger charge is -2.20. The van der Waals surface area contributed by atoms with Gasteiger partial charge in [-0.1, -0.05) is 76.6 Å². The number of Topliss-reactive ketones (excluding diaryl/α,β-unsaturated/α-hetero) is 1. The smallest absolute Gasteiger partial charge is 0.327 e. The minimum Gasteiger partial charge on any atom is -0.456 e. The predicted octanol–water partition coefficient (Wildman–Crippen LogP) is 3.72. The lowest BCUT2D eigenvalue weighted by molar-refractivity contribution is -0.145. The van der Waals surface area contributed by atoms with Gasteiger partial charge in [0.25, 0.3) is 0 Å². The van der Waals surface area contributed by atoms with E-state index in [0.717, 1.165) is 5.56 Å². The molecule has 2 aromatic rings. The van der Waals surface area contributed by atoms with Crippen LogP contribution in [-0.2, 0) is 13.9 Å². The standard InChI is InChI=1S/C17H15BrO3/c1-17(18,14-10-6-3-7-11-14)16(20)21-12-15(19)13-8-4-2-5-9-13/h2-11H,12H2,1H3. The number of ether oxygens (including phenoxy) is 1. The second-order valence-corrected chi connectivity index (χ2v) is 6.32. The number of hydrogen-bond acceptors (Lipinski definition) is 3. The number of alkyl halides is 1. The maximum Gasteiger partial charge on any atom is 0.327 e. The minimum absolute atomic E-state index is 0.222. The predicted molar refractivity (Wildman–Crippen MR) is 84.5 cm³/mol. The van der Waals surface area contributed by atoms with Gasteiger partial charge in [-0.25, -0.2) is 0 Å². The molecule has 4 heteroatoms. The molecule has 0 fully saturated rings. The number of halogens is 1. The molecule has 0 saturated carbocycles. The van der Waals surface area contributed by atoms with Gasteiger partial charge in [0, 0.05) is 5.56 Å². The fraction of sp³-hybridized carbons (Fsp3) is 0.176. The van der Waals surface area contributed by atoms with Gasteiger partial charge in [0.15, 0.2) is 12.4 Å². The van der Waals surface area contributed by atoms with Crippen molar-refractivity contribution in [2.75, 3.05) is 6.61 Å². The molecule has 21 heavy (non-hydrogen) atoms. The highest BCUT2D eigenvalue weighted by atomic mass is 79.9. The lowest BCUT2D eigenvalue weighted by atomic mass is 10.0. The number of esters is 1. The molecule has 0 N–H and O–H groups in total. The zero-order valence-electron chi connectivity index (χ0n) is 11.6. The molecule has 0 aromatic heterocycles. The van der Waals surface area contributed by atoms with E-state index < -0.39 is 10.3 Å². The van der Waals surface area contributed by atoms with Crippen LogP contribution in [0.25, 0.3) is 0 Å². The number of ketones is 1. The highest BCUT2D eigenvalue weighted by Crippen LogP contribution is 2.32. The van der Waals surface area contributed by atoms with Gasteiger partial charge in [-0.15, -0.1) is 0 Å². The average Bonchev–Trinajstić information content (AvgIpc) is 2.53. The number of carbonyl (C=O) groups excluding carboxylic acids is 2. The summed E-state index contributed by atoms with van der Waals surface area (Å²) in [5, 5.41) is 0. The monoisotopic (exact) mass is 346 g/mol. The average molecular weight is 347 g/mol. The Morgan fingerprint density at radius 3 is 2.10 bits per heavy atom. The lowest BCUT2D eigenvalue weighted by Crippen LogP contribution is -2.29. The first-order valence-electron chi connectivity index (χ1n) is 6.51. The molecule has 0 saturated heterocycles. The zero-order valence-corrected chi connectivity index (χ0v) is 13.2. The fourth-order valence-corrected chi connectivity index (χ4v) is 2.22. The third-order valence-corrected chi connectivity index (χ3v) is 3.91. The molecule has 0 bridgehead atoms. The molecule has 0 heterocycles. The molecule has 0 aliphatic heterocycles. The Kier molecular flexibility index (Phi) is 4.91. The van der Waals surface area contributed by atoms with Crippen LogP contribution in [0.2, 0.25) is 0 Å². The van der Waals surface area contributed by atoms with Crippen molar-refractivity contribution in [2.24, 2.45) is 0 Å². The summed E-state index contributed by atoms with van der Waals surface area (Å²) in [6, 6.07) is 18.0. The van der Waals surface area contributed by atoms with Gasteiger partial charge in [0.1, 0.15) is 4.32 Å². The first kappa shape index (κ1) is 15.4. The van der Waals surface area contributed by atoms with Crippen LogP contribution in [0.4, 0.5) is 0 Å². The molecule has 2 aromatic carbocycles. The van der Waals surface area contributed by atoms with Crippen molar-refractivity contribution in [3.63, 3.8) is 0 Å². The van der Waals surface area contributed by atoms with Crippen LogP contribution in [0.15, 0.2) is 60.7 Å². The molecule has 0 aliphatic carbocycles. The van der Waals surface area contributed by atoms with E-state index >= 15 is 0 Å². The Bertz CT molecular complexity index is 621. The van der Waals surface area contributed by atoms with Crippen molar-refractivity contribution in [1.29, 1.82) is 0 Å². The van der Waals surface area contributed by atoms with Crippen LogP contribution in [-0.4, -0.2) is 18.4 Å². The maximum atomic E-state index is 12.2. The number of carbonyl (C=O) groups is 2. The Hall–Kier alpha value is -1.94. The van der Waals surface area contributed by atoms with E-state index in [4.69, 9.17) is 4.74 Å². The van der Waals surface area contributed by atoms with Crippen LogP contribution < -0.4 is 0 Å². The second-order valence-electron chi connectivity index (χ2n) is 4.73. The van der Waals surface area contributed by atoms with E-state index in [1.54, 1.807) is 31.2 Å². The third-order valence-electron chi connectivity index (χ3n) is 3.13. The molecule has 0 radical (unpaired) electrons. The van der Waals surface area contributed by atoms with Crippen LogP contribution in [0.5, 0.6) is 0 Å². The summed E-state index contributed by atoms with van der Waals surface area (Å²) in [6.07, 6.45) is 0. The number of hydrogen-bond donors (Lipinski definition) is 0. The fourth-order valence-electron chi connectivity index (χ4n) is 1.84. The topological polar surface area (TPSA) is 43.4 Å². The molecular formula is C17H15BrO3. The molecule has 1 atom stereocenters. The van der Waals surface area contributed by atoms with E-state index in [2.05, 4.69) is 15.9 Å². The van der Waals surface area contributed by atoms with Gasteiger partial charge in [0.2, 0.25) is 0 Å². The Morgan fingerprint density at radius 1 is 1.00 bits per heavy atom. The summed E-state index contributed by atoms with van der Waals surface area (Å²) in [5.41, 5.74) is 1.31. The van der Waals surface area contributed by atoms with Crippen molar-refractivity contribution in [3.05, 3.63) is 71.8 Å². The van der Waals surface area contributed by atoms with Gasteiger partial charge >= 0.3 is 5.97 Å². The van der Waals surface area contributed by atoms with Crippen molar-refractivity contribution in [2.45, 2.75) is 11.2 Å². The Labute approximate surface area is 132 Å². The van der Waals surface area contributed by atoms with Crippen molar-refractivity contribution in [3.8, 4) is 0 Å². The van der Waals surface area contributed by atoms with Crippen LogP contribution >= 0.6 is 15.9 Å². The second kappa shape index (κ2) is 6.68. The van der Waals surface area contributed by atoms with Gasteiger partial charge < -0.3 is 4.74 Å². The van der Waals surface area contributed by atoms with Gasteiger partial charge in [-0.2, -0.15) is 0 Å². The molecule has 1 unspecified atom stereocenters. The maximum absolute atomic E-state index is 12.2. The van der Waals surface area contributed by atoms with Gasteiger partial charge in [-0.3, -0.25) is 9.59 Å². The minimum atomic E-state index is -0.967. The summed E-state index contributed by atoms with van der Waals surface area (Å²) in [5.74, 6) is -0.710. The summed E-state index contributed by atoms with van der Waals surface area (Å²) in [6.45, 7) is 1.44. The third kappa shape index (κ3) is 3.79. The summed E-state index contributed by atoms with van der Waals surface area (Å²) in [7, 11) is 0. The molecular weight excluding hydrogens is 332 g/mol. The molecule has 3 nitrogen and oxygen atoms in total. The quantitative estimate of drug-likeness (QED) is 0.470. The van der Waals surface area contributed by atoms with Crippen LogP contribution in [0.3, 0.4) is 0 Å². The van der Waals surface area contributed by atoms with E-state index in [1.807, 2.05) is 36.4 Å². The van der Waals surface area contributed by atoms with Crippen LogP contribution in [0, 0.1) is 0 Å². The highest BCUT2D eigenvalue weighted by Gasteiger charge is 2.34. The highest BCUT2D eigenvalue weighted by molar-refractivity contribution is 9.10. The van der Waals surface area contributed by atoms with Crippen molar-refractivity contribution < 1.29 is 14.3 Å². The van der Waals surface area contributed by atoms with Gasteiger partial charge in [0.05, 0.1) is 0 Å². The van der Waals surface area contributed by atoms with Crippen molar-refractivity contribution in [1.82, 2.24) is 0 Å². The summed E-state index contributed by atoms with van der Waals surface area (Å²) in [4.78, 5) is 24.1. The Balaban J connectivity index is 2.00. The van der Waals surface area contributed by atoms with E-state index in [0.29, 0.717) is 5.56 Å². The van der Waals surface area contributed by atoms with E-state index in [-0.39, 0.29) is 12.4 Å². The summed E-state index contributed by atoms with van der Waals surface area (Å²) < 4.78 is 4.18. The summed E-state index contributed by atoms with van der Waals surface area (Å²) >= 11 is 3.38. The molecule has 0 aliphatic rings. The largest absolute Gasteiger partial charge is 0.456 e. The SMILES string of the molecule is CC(Br)(C(=O)OCC(=O)c1ccccc1)c1ccccc1. The van der Waals surface area contributed by atoms with Crippen molar-refractivity contribution >= 4 is 27.7 Å². The first-order chi connectivity index (χ1) is 10.0. The number of benzene rings is 2. The number of rotatable bonds is 5. The molecule has 0 spiro atoms. The zero-order chi connectivity index (χ0) is 15.3. The first-order valence-corrected chi connectivity index (χ1v) is 7.31. The van der Waals surface area contributed by atoms with Crippen LogP contribution in [0.1, 0.15) is 22.8 Å². The normalized spacial score (nSPS) is 13.2. The van der Waals surface area contributed by atoms with Gasteiger partial charge in [-0.05, 0) is 12.5 Å².